The first-order chi connectivity index (χ1) is 13.8. The number of benzene rings is 2. The molecule has 0 saturated heterocycles. The normalized spacial score (nSPS) is 13.3. The molecular weight excluding hydrogens is 350 g/mol. The molecular formula is C22H21N5O. The topological polar surface area (TPSA) is 64.3 Å². The minimum Gasteiger partial charge on any atom is -0.497 e. The predicted octanol–water partition coefficient (Wildman–Crippen LogP) is 4.42. The molecule has 2 heterocycles. The third-order valence-electron chi connectivity index (χ3n) is 5.13. The summed E-state index contributed by atoms with van der Waals surface area (Å²) in [5.41, 5.74) is 4.29. The second-order valence-electron chi connectivity index (χ2n) is 6.96. The molecule has 0 aliphatic heterocycles. The Labute approximate surface area is 163 Å². The number of anilines is 2. The van der Waals surface area contributed by atoms with E-state index < -0.39 is 0 Å². The van der Waals surface area contributed by atoms with Gasteiger partial charge in [-0.15, -0.1) is 5.10 Å². The highest BCUT2D eigenvalue weighted by Gasteiger charge is 2.21. The zero-order chi connectivity index (χ0) is 18.9. The number of nitrogens with zero attached hydrogens (tertiary/aromatic N) is 4. The largest absolute Gasteiger partial charge is 0.497 e. The Hall–Kier alpha value is -3.41. The summed E-state index contributed by atoms with van der Waals surface area (Å²) in [6.07, 6.45) is 4.29. The van der Waals surface area contributed by atoms with Gasteiger partial charge in [-0.2, -0.15) is 9.50 Å². The Bertz CT molecular complexity index is 1140. The lowest BCUT2D eigenvalue weighted by Gasteiger charge is -2.20. The second kappa shape index (κ2) is 6.96. The lowest BCUT2D eigenvalue weighted by Crippen LogP contribution is -2.13. The summed E-state index contributed by atoms with van der Waals surface area (Å²) in [7, 11) is 1.68. The van der Waals surface area contributed by atoms with Crippen LogP contribution >= 0.6 is 0 Å². The van der Waals surface area contributed by atoms with Gasteiger partial charge in [0.15, 0.2) is 5.82 Å². The van der Waals surface area contributed by atoms with Gasteiger partial charge < -0.3 is 10.1 Å². The van der Waals surface area contributed by atoms with Crippen molar-refractivity contribution in [2.75, 3.05) is 12.4 Å². The predicted molar refractivity (Wildman–Crippen MR) is 109 cm³/mol. The van der Waals surface area contributed by atoms with Crippen LogP contribution in [-0.2, 0) is 12.8 Å². The number of methoxy groups -OCH3 is 1. The van der Waals surface area contributed by atoms with E-state index in [9.17, 15) is 0 Å². The zero-order valence-electron chi connectivity index (χ0n) is 15.7. The van der Waals surface area contributed by atoms with Gasteiger partial charge in [-0.1, -0.05) is 36.4 Å². The number of fused-ring (bicyclic) bond motifs is 2. The Morgan fingerprint density at radius 2 is 1.82 bits per heavy atom. The van der Waals surface area contributed by atoms with Gasteiger partial charge >= 0.3 is 0 Å². The van der Waals surface area contributed by atoms with Crippen LogP contribution in [0.4, 0.5) is 11.5 Å². The molecule has 6 nitrogen and oxygen atoms in total. The molecule has 6 heteroatoms. The molecule has 0 amide bonds. The number of aromatic nitrogens is 4. The van der Waals surface area contributed by atoms with Crippen molar-refractivity contribution in [3.8, 4) is 17.1 Å². The molecule has 1 aliphatic carbocycles. The quantitative estimate of drug-likeness (QED) is 0.575. The van der Waals surface area contributed by atoms with Gasteiger partial charge in [-0.05, 0) is 37.8 Å². The molecule has 4 aromatic rings. The number of aryl methyl sites for hydroxylation is 1. The molecule has 140 valence electrons. The van der Waals surface area contributed by atoms with E-state index in [1.807, 2.05) is 59.1 Å². The van der Waals surface area contributed by atoms with Crippen LogP contribution in [0.15, 0.2) is 54.6 Å². The van der Waals surface area contributed by atoms with E-state index in [0.717, 1.165) is 54.2 Å². The minimum atomic E-state index is 0.630. The molecule has 1 N–H and O–H groups in total. The van der Waals surface area contributed by atoms with E-state index in [-0.39, 0.29) is 0 Å². The summed E-state index contributed by atoms with van der Waals surface area (Å²) in [5, 5.41) is 8.33. The highest BCUT2D eigenvalue weighted by atomic mass is 16.5. The average Bonchev–Trinajstić information content (AvgIpc) is 3.18. The maximum atomic E-state index is 5.37. The fourth-order valence-electron chi connectivity index (χ4n) is 3.72. The molecule has 0 spiro atoms. The molecule has 2 aromatic carbocycles. The molecule has 0 saturated carbocycles. The van der Waals surface area contributed by atoms with Crippen molar-refractivity contribution in [3.63, 3.8) is 0 Å². The Kier molecular flexibility index (Phi) is 4.16. The Morgan fingerprint density at radius 1 is 0.964 bits per heavy atom. The van der Waals surface area contributed by atoms with Gasteiger partial charge in [0.05, 0.1) is 12.8 Å². The van der Waals surface area contributed by atoms with Crippen molar-refractivity contribution < 1.29 is 4.74 Å². The fraction of sp³-hybridized carbons (Fsp3) is 0.227. The van der Waals surface area contributed by atoms with Crippen LogP contribution in [-0.4, -0.2) is 26.7 Å². The summed E-state index contributed by atoms with van der Waals surface area (Å²) in [6.45, 7) is 0. The van der Waals surface area contributed by atoms with Crippen LogP contribution < -0.4 is 10.1 Å². The van der Waals surface area contributed by atoms with E-state index in [1.165, 1.54) is 5.56 Å². The molecule has 0 atom stereocenters. The summed E-state index contributed by atoms with van der Waals surface area (Å²) in [6, 6.07) is 17.9. The maximum Gasteiger partial charge on any atom is 0.254 e. The van der Waals surface area contributed by atoms with E-state index >= 15 is 0 Å². The van der Waals surface area contributed by atoms with Crippen molar-refractivity contribution in [2.45, 2.75) is 25.7 Å². The van der Waals surface area contributed by atoms with Crippen molar-refractivity contribution in [1.82, 2.24) is 19.6 Å². The van der Waals surface area contributed by atoms with Gasteiger partial charge in [-0.3, -0.25) is 0 Å². The van der Waals surface area contributed by atoms with Gasteiger partial charge in [0.1, 0.15) is 11.6 Å². The highest BCUT2D eigenvalue weighted by molar-refractivity contribution is 5.66. The summed E-state index contributed by atoms with van der Waals surface area (Å²) in [5.74, 6) is 3.07. The average molecular weight is 371 g/mol. The first-order valence-electron chi connectivity index (χ1n) is 9.57. The third kappa shape index (κ3) is 2.97. The Morgan fingerprint density at radius 3 is 2.68 bits per heavy atom. The van der Waals surface area contributed by atoms with Gasteiger partial charge in [0.2, 0.25) is 0 Å². The maximum absolute atomic E-state index is 5.37. The van der Waals surface area contributed by atoms with Crippen LogP contribution in [0, 0.1) is 0 Å². The van der Waals surface area contributed by atoms with Crippen LogP contribution in [0.5, 0.6) is 5.75 Å². The van der Waals surface area contributed by atoms with Gasteiger partial charge in [-0.25, -0.2) is 4.98 Å². The van der Waals surface area contributed by atoms with Crippen LogP contribution in [0.2, 0.25) is 0 Å². The summed E-state index contributed by atoms with van der Waals surface area (Å²) < 4.78 is 7.21. The summed E-state index contributed by atoms with van der Waals surface area (Å²) >= 11 is 0. The van der Waals surface area contributed by atoms with Gasteiger partial charge in [0, 0.05) is 22.9 Å². The lowest BCUT2D eigenvalue weighted by molar-refractivity contribution is 0.415. The highest BCUT2D eigenvalue weighted by Crippen LogP contribution is 2.31. The molecule has 0 fully saturated rings. The lowest BCUT2D eigenvalue weighted by atomic mass is 9.96. The second-order valence-corrected chi connectivity index (χ2v) is 6.96. The smallest absolute Gasteiger partial charge is 0.254 e. The molecule has 0 unspecified atom stereocenters. The third-order valence-corrected chi connectivity index (χ3v) is 5.13. The molecule has 1 aliphatic rings. The van der Waals surface area contributed by atoms with E-state index in [2.05, 4.69) is 5.32 Å². The Balaban J connectivity index is 1.67. The van der Waals surface area contributed by atoms with Crippen molar-refractivity contribution in [3.05, 3.63) is 65.9 Å². The molecule has 0 bridgehead atoms. The SMILES string of the molecule is COc1cccc(Nc2c3c(nc4nc(-c5ccccc5)nn24)CCCC3)c1. The number of rotatable bonds is 4. The standard InChI is InChI=1S/C22H21N5O/c1-28-17-11-7-10-16(14-17)23-21-18-12-5-6-13-19(18)24-22-25-20(26-27(21)22)15-8-3-2-4-9-15/h2-4,7-11,14,23H,5-6,12-13H2,1H3. The van der Waals surface area contributed by atoms with Crippen LogP contribution in [0.1, 0.15) is 24.1 Å². The van der Waals surface area contributed by atoms with Crippen LogP contribution in [0.25, 0.3) is 17.2 Å². The fourth-order valence-corrected chi connectivity index (χ4v) is 3.72. The van der Waals surface area contributed by atoms with E-state index in [4.69, 9.17) is 19.8 Å². The molecule has 0 radical (unpaired) electrons. The molecule has 2 aromatic heterocycles. The zero-order valence-corrected chi connectivity index (χ0v) is 15.7. The first-order valence-corrected chi connectivity index (χ1v) is 9.57. The van der Waals surface area contributed by atoms with E-state index in [0.29, 0.717) is 11.6 Å². The number of ether oxygens (including phenoxy) is 1. The van der Waals surface area contributed by atoms with Crippen molar-refractivity contribution in [1.29, 1.82) is 0 Å². The number of hydrogen-bond donors (Lipinski definition) is 1. The van der Waals surface area contributed by atoms with E-state index in [1.54, 1.807) is 7.11 Å². The van der Waals surface area contributed by atoms with Gasteiger partial charge in [0.25, 0.3) is 5.78 Å². The van der Waals surface area contributed by atoms with Crippen molar-refractivity contribution >= 4 is 17.3 Å². The monoisotopic (exact) mass is 371 g/mol. The van der Waals surface area contributed by atoms with Crippen LogP contribution in [0.3, 0.4) is 0 Å². The number of hydrogen-bond acceptors (Lipinski definition) is 5. The molecule has 5 rings (SSSR count). The summed E-state index contributed by atoms with van der Waals surface area (Å²) in [4.78, 5) is 9.53. The molecule has 28 heavy (non-hydrogen) atoms. The first kappa shape index (κ1) is 16.7. The minimum absolute atomic E-state index is 0.630. The van der Waals surface area contributed by atoms with Crippen molar-refractivity contribution in [2.24, 2.45) is 0 Å². The number of nitrogens with one attached hydrogen (secondary N) is 1.